The molecule has 2 aromatic rings. The van der Waals surface area contributed by atoms with Gasteiger partial charge in [0.05, 0.1) is 14.2 Å². The molecule has 0 bridgehead atoms. The van der Waals surface area contributed by atoms with Crippen molar-refractivity contribution in [1.29, 1.82) is 0 Å². The Balaban J connectivity index is 1.84. The van der Waals surface area contributed by atoms with E-state index in [0.717, 1.165) is 18.4 Å². The maximum absolute atomic E-state index is 12.0. The highest BCUT2D eigenvalue weighted by atomic mass is 32.1. The largest absolute Gasteiger partial charge is 0.493 e. The molecule has 0 atom stereocenters. The van der Waals surface area contributed by atoms with Gasteiger partial charge in [0.2, 0.25) is 0 Å². The van der Waals surface area contributed by atoms with E-state index in [9.17, 15) is 4.79 Å². The fourth-order valence-corrected chi connectivity index (χ4v) is 2.97. The Labute approximate surface area is 129 Å². The molecule has 0 amide bonds. The lowest BCUT2D eigenvalue weighted by Gasteiger charge is -2.09. The minimum Gasteiger partial charge on any atom is -0.493 e. The van der Waals surface area contributed by atoms with E-state index in [1.54, 1.807) is 25.6 Å². The van der Waals surface area contributed by atoms with Gasteiger partial charge in [0, 0.05) is 17.7 Å². The van der Waals surface area contributed by atoms with Crippen LogP contribution in [0.3, 0.4) is 0 Å². The molecule has 0 fully saturated rings. The average molecular weight is 304 g/mol. The van der Waals surface area contributed by atoms with Crippen LogP contribution < -0.4 is 9.47 Å². The first-order valence-corrected chi connectivity index (χ1v) is 7.86. The minimum atomic E-state index is 0.263. The number of benzene rings is 1. The minimum absolute atomic E-state index is 0.263. The smallest absolute Gasteiger partial charge is 0.161 e. The summed E-state index contributed by atoms with van der Waals surface area (Å²) in [6, 6.07) is 9.79. The molecule has 4 heteroatoms. The number of carbonyl (C=O) groups excluding carboxylic acids is 1. The van der Waals surface area contributed by atoms with Crippen LogP contribution in [0.1, 0.15) is 23.3 Å². The summed E-state index contributed by atoms with van der Waals surface area (Å²) in [7, 11) is 3.21. The quantitative estimate of drug-likeness (QED) is 0.742. The number of aryl methyl sites for hydroxylation is 1. The maximum Gasteiger partial charge on any atom is 0.161 e. The summed E-state index contributed by atoms with van der Waals surface area (Å²) in [5.74, 6) is 1.62. The highest BCUT2D eigenvalue weighted by Gasteiger charge is 2.08. The Morgan fingerprint density at radius 3 is 2.62 bits per heavy atom. The predicted molar refractivity (Wildman–Crippen MR) is 85.5 cm³/mol. The van der Waals surface area contributed by atoms with Gasteiger partial charge in [-0.25, -0.2) is 0 Å². The number of hydrogen-bond acceptors (Lipinski definition) is 4. The molecule has 3 nitrogen and oxygen atoms in total. The van der Waals surface area contributed by atoms with Crippen molar-refractivity contribution < 1.29 is 14.3 Å². The van der Waals surface area contributed by atoms with Crippen LogP contribution in [0.25, 0.3) is 0 Å². The van der Waals surface area contributed by atoms with Gasteiger partial charge < -0.3 is 9.47 Å². The lowest BCUT2D eigenvalue weighted by molar-refractivity contribution is -0.118. The molecule has 0 spiro atoms. The van der Waals surface area contributed by atoms with Crippen LogP contribution in [0.15, 0.2) is 35.7 Å². The first kappa shape index (κ1) is 15.6. The molecule has 0 unspecified atom stereocenters. The Bertz CT molecular complexity index is 576. The molecular formula is C17H20O3S. The molecule has 0 saturated carbocycles. The summed E-state index contributed by atoms with van der Waals surface area (Å²) >= 11 is 1.75. The Kier molecular flexibility index (Phi) is 5.81. The van der Waals surface area contributed by atoms with Crippen molar-refractivity contribution >= 4 is 17.1 Å². The summed E-state index contributed by atoms with van der Waals surface area (Å²) in [5.41, 5.74) is 0.966. The van der Waals surface area contributed by atoms with Crippen molar-refractivity contribution in [3.05, 3.63) is 46.2 Å². The van der Waals surface area contributed by atoms with Gasteiger partial charge in [0.25, 0.3) is 0 Å². The predicted octanol–water partition coefficient (Wildman–Crippen LogP) is 3.90. The van der Waals surface area contributed by atoms with Gasteiger partial charge in [-0.15, -0.1) is 11.3 Å². The molecular weight excluding hydrogens is 284 g/mol. The van der Waals surface area contributed by atoms with Crippen LogP contribution in [-0.4, -0.2) is 20.0 Å². The highest BCUT2D eigenvalue weighted by molar-refractivity contribution is 7.09. The number of thiophene rings is 1. The fraction of sp³-hybridized carbons (Fsp3) is 0.353. The van der Waals surface area contributed by atoms with E-state index in [1.165, 1.54) is 4.88 Å². The lowest BCUT2D eigenvalue weighted by atomic mass is 10.0. The first-order valence-electron chi connectivity index (χ1n) is 6.98. The average Bonchev–Trinajstić information content (AvgIpc) is 3.00. The molecule has 0 N–H and O–H groups in total. The van der Waals surface area contributed by atoms with Gasteiger partial charge in [0.1, 0.15) is 5.78 Å². The van der Waals surface area contributed by atoms with E-state index in [0.29, 0.717) is 24.3 Å². The van der Waals surface area contributed by atoms with Gasteiger partial charge in [-0.3, -0.25) is 4.79 Å². The van der Waals surface area contributed by atoms with Gasteiger partial charge >= 0.3 is 0 Å². The van der Waals surface area contributed by atoms with Crippen molar-refractivity contribution in [3.63, 3.8) is 0 Å². The Morgan fingerprint density at radius 1 is 1.14 bits per heavy atom. The molecule has 112 valence electrons. The van der Waals surface area contributed by atoms with E-state index < -0.39 is 0 Å². The molecule has 21 heavy (non-hydrogen) atoms. The number of rotatable bonds is 8. The highest BCUT2D eigenvalue weighted by Crippen LogP contribution is 2.27. The van der Waals surface area contributed by atoms with Crippen LogP contribution in [0, 0.1) is 0 Å². The molecule has 0 aliphatic carbocycles. The summed E-state index contributed by atoms with van der Waals surface area (Å²) < 4.78 is 10.4. The third kappa shape index (κ3) is 4.60. The van der Waals surface area contributed by atoms with E-state index >= 15 is 0 Å². The topological polar surface area (TPSA) is 35.5 Å². The first-order chi connectivity index (χ1) is 10.2. The standard InChI is InChI=1S/C17H20O3S/c1-19-16-9-8-13(12-17(16)20-2)11-14(18)5-3-6-15-7-4-10-21-15/h4,7-10,12H,3,5-6,11H2,1-2H3. The number of ether oxygens (including phenoxy) is 2. The van der Waals surface area contributed by atoms with Crippen LogP contribution >= 0.6 is 11.3 Å². The van der Waals surface area contributed by atoms with Crippen LogP contribution in [0.5, 0.6) is 11.5 Å². The molecule has 0 aliphatic heterocycles. The Morgan fingerprint density at radius 2 is 1.95 bits per heavy atom. The van der Waals surface area contributed by atoms with E-state index in [1.807, 2.05) is 24.3 Å². The number of Topliss-reactive ketones (excluding diaryl/α,β-unsaturated/α-hetero) is 1. The van der Waals surface area contributed by atoms with Crippen molar-refractivity contribution in [3.8, 4) is 11.5 Å². The maximum atomic E-state index is 12.0. The molecule has 1 aromatic carbocycles. The van der Waals surface area contributed by atoms with E-state index in [4.69, 9.17) is 9.47 Å². The molecule has 1 heterocycles. The second-order valence-electron chi connectivity index (χ2n) is 4.84. The van der Waals surface area contributed by atoms with Gasteiger partial charge in [-0.2, -0.15) is 0 Å². The zero-order valence-corrected chi connectivity index (χ0v) is 13.2. The monoisotopic (exact) mass is 304 g/mol. The van der Waals surface area contributed by atoms with Crippen molar-refractivity contribution in [2.24, 2.45) is 0 Å². The van der Waals surface area contributed by atoms with Crippen molar-refractivity contribution in [1.82, 2.24) is 0 Å². The third-order valence-electron chi connectivity index (χ3n) is 3.31. The van der Waals surface area contributed by atoms with Gasteiger partial charge in [-0.05, 0) is 42.0 Å². The molecule has 0 aliphatic rings. The fourth-order valence-electron chi connectivity index (χ4n) is 2.22. The number of carbonyl (C=O) groups is 1. The van der Waals surface area contributed by atoms with E-state index in [-0.39, 0.29) is 5.78 Å². The number of hydrogen-bond donors (Lipinski definition) is 0. The van der Waals surface area contributed by atoms with Crippen LogP contribution in [0.2, 0.25) is 0 Å². The van der Waals surface area contributed by atoms with Crippen LogP contribution in [-0.2, 0) is 17.6 Å². The zero-order valence-electron chi connectivity index (χ0n) is 12.4. The second-order valence-corrected chi connectivity index (χ2v) is 5.87. The van der Waals surface area contributed by atoms with E-state index in [2.05, 4.69) is 11.4 Å². The lowest BCUT2D eigenvalue weighted by Crippen LogP contribution is -2.03. The number of methoxy groups -OCH3 is 2. The zero-order chi connectivity index (χ0) is 15.1. The van der Waals surface area contributed by atoms with Gasteiger partial charge in [0.15, 0.2) is 11.5 Å². The molecule has 1 aromatic heterocycles. The Hall–Kier alpha value is -1.81. The third-order valence-corrected chi connectivity index (χ3v) is 4.24. The van der Waals surface area contributed by atoms with Gasteiger partial charge in [-0.1, -0.05) is 12.1 Å². The summed E-state index contributed by atoms with van der Waals surface area (Å²) in [4.78, 5) is 13.4. The SMILES string of the molecule is COc1ccc(CC(=O)CCCc2cccs2)cc1OC. The second kappa shape index (κ2) is 7.84. The summed E-state index contributed by atoms with van der Waals surface area (Å²) in [5, 5.41) is 2.07. The number of ketones is 1. The molecule has 0 radical (unpaired) electrons. The van der Waals surface area contributed by atoms with Crippen LogP contribution in [0.4, 0.5) is 0 Å². The van der Waals surface area contributed by atoms with Crippen molar-refractivity contribution in [2.75, 3.05) is 14.2 Å². The molecule has 2 rings (SSSR count). The normalized spacial score (nSPS) is 10.4. The molecule has 0 saturated heterocycles. The summed E-state index contributed by atoms with van der Waals surface area (Å²) in [6.45, 7) is 0. The van der Waals surface area contributed by atoms with Crippen molar-refractivity contribution in [2.45, 2.75) is 25.7 Å². The summed E-state index contributed by atoms with van der Waals surface area (Å²) in [6.07, 6.45) is 2.96.